The second kappa shape index (κ2) is 10.3. The maximum Gasteiger partial charge on any atom is 0.194 e. The Hall–Kier alpha value is -1.55. The molecule has 6 nitrogen and oxygen atoms in total. The van der Waals surface area contributed by atoms with E-state index in [2.05, 4.69) is 59.6 Å². The first kappa shape index (κ1) is 21.2. The number of anilines is 2. The van der Waals surface area contributed by atoms with Gasteiger partial charge in [-0.15, -0.1) is 35.3 Å². The van der Waals surface area contributed by atoms with E-state index in [1.807, 2.05) is 24.6 Å². The summed E-state index contributed by atoms with van der Waals surface area (Å²) in [5.74, 6) is 2.09. The lowest BCUT2D eigenvalue weighted by Gasteiger charge is -2.37. The Morgan fingerprint density at radius 3 is 2.57 bits per heavy atom. The molecule has 2 fully saturated rings. The van der Waals surface area contributed by atoms with E-state index in [1.165, 1.54) is 23.4 Å². The number of rotatable bonds is 4. The normalized spacial score (nSPS) is 17.6. The number of guanidine groups is 1. The zero-order valence-corrected chi connectivity index (χ0v) is 19.5. The fourth-order valence-electron chi connectivity index (χ4n) is 3.79. The highest BCUT2D eigenvalue weighted by molar-refractivity contribution is 14.0. The van der Waals surface area contributed by atoms with Crippen LogP contribution in [-0.4, -0.2) is 62.2 Å². The monoisotopic (exact) mass is 512 g/mol. The molecule has 4 heterocycles. The molecule has 4 rings (SSSR count). The standard InChI is InChI=1S/C20H28N6S.HI/c1-21-20(26-12-10-25(11-13-26)19-5-4-14-27-19)23-16-17-6-7-22-18(15-17)24-8-2-3-9-24;/h4-7,14-15H,2-3,8-13,16H2,1H3,(H,21,23);1H. The van der Waals surface area contributed by atoms with Crippen molar-refractivity contribution in [1.29, 1.82) is 0 Å². The first-order valence-electron chi connectivity index (χ1n) is 9.77. The number of piperazine rings is 1. The second-order valence-corrected chi connectivity index (χ2v) is 7.97. The van der Waals surface area contributed by atoms with Crippen LogP contribution >= 0.6 is 35.3 Å². The van der Waals surface area contributed by atoms with Crippen molar-refractivity contribution in [2.45, 2.75) is 19.4 Å². The third-order valence-electron chi connectivity index (χ3n) is 5.30. The van der Waals surface area contributed by atoms with E-state index in [1.54, 1.807) is 0 Å². The Balaban J connectivity index is 0.00000225. The van der Waals surface area contributed by atoms with E-state index in [4.69, 9.17) is 0 Å². The molecular formula is C20H29IN6S. The highest BCUT2D eigenvalue weighted by Gasteiger charge is 2.20. The van der Waals surface area contributed by atoms with Crippen LogP contribution in [-0.2, 0) is 6.54 Å². The molecule has 1 N–H and O–H groups in total. The van der Waals surface area contributed by atoms with Crippen molar-refractivity contribution in [3.05, 3.63) is 41.4 Å². The molecule has 152 valence electrons. The number of aromatic nitrogens is 1. The lowest BCUT2D eigenvalue weighted by atomic mass is 10.2. The zero-order valence-electron chi connectivity index (χ0n) is 16.4. The quantitative estimate of drug-likeness (QED) is 0.387. The third kappa shape index (κ3) is 5.08. The lowest BCUT2D eigenvalue weighted by Crippen LogP contribution is -2.52. The van der Waals surface area contributed by atoms with Crippen molar-refractivity contribution in [3.63, 3.8) is 0 Å². The van der Waals surface area contributed by atoms with Crippen LogP contribution in [0.25, 0.3) is 0 Å². The van der Waals surface area contributed by atoms with Gasteiger partial charge in [-0.25, -0.2) is 4.98 Å². The average molecular weight is 512 g/mol. The molecule has 28 heavy (non-hydrogen) atoms. The first-order valence-corrected chi connectivity index (χ1v) is 10.7. The van der Waals surface area contributed by atoms with Crippen LogP contribution in [0.5, 0.6) is 0 Å². The fourth-order valence-corrected chi connectivity index (χ4v) is 4.58. The summed E-state index contributed by atoms with van der Waals surface area (Å²) in [6.45, 7) is 7.09. The third-order valence-corrected chi connectivity index (χ3v) is 6.23. The minimum atomic E-state index is 0. The van der Waals surface area contributed by atoms with Gasteiger partial charge < -0.3 is 20.0 Å². The number of hydrogen-bond donors (Lipinski definition) is 1. The van der Waals surface area contributed by atoms with E-state index in [-0.39, 0.29) is 24.0 Å². The van der Waals surface area contributed by atoms with Gasteiger partial charge in [0.25, 0.3) is 0 Å². The number of thiophene rings is 1. The Labute approximate surface area is 188 Å². The Kier molecular flexibility index (Phi) is 7.78. The first-order chi connectivity index (χ1) is 13.3. The number of pyridine rings is 1. The summed E-state index contributed by atoms with van der Waals surface area (Å²) in [7, 11) is 1.87. The summed E-state index contributed by atoms with van der Waals surface area (Å²) in [5, 5.41) is 7.05. The van der Waals surface area contributed by atoms with Gasteiger partial charge in [-0.05, 0) is 48.1 Å². The van der Waals surface area contributed by atoms with E-state index in [9.17, 15) is 0 Å². The Morgan fingerprint density at radius 2 is 1.89 bits per heavy atom. The summed E-state index contributed by atoms with van der Waals surface area (Å²) in [4.78, 5) is 16.2. The van der Waals surface area contributed by atoms with E-state index in [0.717, 1.165) is 57.6 Å². The smallest absolute Gasteiger partial charge is 0.194 e. The van der Waals surface area contributed by atoms with Crippen LogP contribution in [0.15, 0.2) is 40.8 Å². The van der Waals surface area contributed by atoms with Gasteiger partial charge in [0.1, 0.15) is 5.82 Å². The van der Waals surface area contributed by atoms with E-state index < -0.39 is 0 Å². The van der Waals surface area contributed by atoms with Gasteiger partial charge in [-0.1, -0.05) is 0 Å². The molecule has 2 aromatic heterocycles. The average Bonchev–Trinajstić information content (AvgIpc) is 3.43. The minimum Gasteiger partial charge on any atom is -0.360 e. The molecule has 2 aliphatic rings. The van der Waals surface area contributed by atoms with Crippen molar-refractivity contribution >= 4 is 52.1 Å². The van der Waals surface area contributed by atoms with E-state index in [0.29, 0.717) is 0 Å². The summed E-state index contributed by atoms with van der Waals surface area (Å²) >= 11 is 1.82. The molecule has 0 unspecified atom stereocenters. The number of nitrogens with zero attached hydrogens (tertiary/aromatic N) is 5. The van der Waals surface area contributed by atoms with Gasteiger partial charge in [-0.3, -0.25) is 4.99 Å². The molecule has 0 bridgehead atoms. The van der Waals surface area contributed by atoms with Crippen molar-refractivity contribution in [2.24, 2.45) is 4.99 Å². The van der Waals surface area contributed by atoms with Crippen LogP contribution in [0.4, 0.5) is 10.8 Å². The number of nitrogens with one attached hydrogen (secondary N) is 1. The topological polar surface area (TPSA) is 47.0 Å². The van der Waals surface area contributed by atoms with Crippen molar-refractivity contribution in [2.75, 3.05) is 56.1 Å². The number of hydrogen-bond acceptors (Lipinski definition) is 5. The summed E-state index contributed by atoms with van der Waals surface area (Å²) in [6.07, 6.45) is 4.47. The second-order valence-electron chi connectivity index (χ2n) is 7.04. The molecule has 2 aliphatic heterocycles. The number of halogens is 1. The molecule has 0 aromatic carbocycles. The summed E-state index contributed by atoms with van der Waals surface area (Å²) in [5.41, 5.74) is 1.25. The maximum atomic E-state index is 4.54. The predicted molar refractivity (Wildman–Crippen MR) is 129 cm³/mol. The van der Waals surface area contributed by atoms with Gasteiger partial charge in [0, 0.05) is 59.1 Å². The molecular weight excluding hydrogens is 483 g/mol. The van der Waals surface area contributed by atoms with Crippen molar-refractivity contribution < 1.29 is 0 Å². The largest absolute Gasteiger partial charge is 0.360 e. The summed E-state index contributed by atoms with van der Waals surface area (Å²) in [6, 6.07) is 8.63. The SMILES string of the molecule is CN=C(NCc1ccnc(N2CCCC2)c1)N1CCN(c2cccs2)CC1.I. The molecule has 0 aliphatic carbocycles. The molecule has 8 heteroatoms. The van der Waals surface area contributed by atoms with Crippen molar-refractivity contribution in [3.8, 4) is 0 Å². The molecule has 0 atom stereocenters. The molecule has 0 amide bonds. The zero-order chi connectivity index (χ0) is 18.5. The fraction of sp³-hybridized carbons (Fsp3) is 0.500. The van der Waals surface area contributed by atoms with Gasteiger partial charge in [0.2, 0.25) is 0 Å². The van der Waals surface area contributed by atoms with Gasteiger partial charge in [0.15, 0.2) is 5.96 Å². The maximum absolute atomic E-state index is 4.54. The molecule has 0 spiro atoms. The summed E-state index contributed by atoms with van der Waals surface area (Å²) < 4.78 is 0. The molecule has 2 aromatic rings. The van der Waals surface area contributed by atoms with Crippen LogP contribution in [0, 0.1) is 0 Å². The lowest BCUT2D eigenvalue weighted by molar-refractivity contribution is 0.373. The highest BCUT2D eigenvalue weighted by atomic mass is 127. The molecule has 0 saturated carbocycles. The minimum absolute atomic E-state index is 0. The Morgan fingerprint density at radius 1 is 1.11 bits per heavy atom. The van der Waals surface area contributed by atoms with Gasteiger partial charge in [-0.2, -0.15) is 0 Å². The Bertz CT molecular complexity index is 752. The predicted octanol–water partition coefficient (Wildman–Crippen LogP) is 3.26. The number of aliphatic imine (C=N–C) groups is 1. The molecule has 0 radical (unpaired) electrons. The molecule has 2 saturated heterocycles. The van der Waals surface area contributed by atoms with Crippen LogP contribution in [0.3, 0.4) is 0 Å². The van der Waals surface area contributed by atoms with Crippen LogP contribution in [0.1, 0.15) is 18.4 Å². The van der Waals surface area contributed by atoms with Crippen LogP contribution in [0.2, 0.25) is 0 Å². The van der Waals surface area contributed by atoms with Gasteiger partial charge >= 0.3 is 0 Å². The van der Waals surface area contributed by atoms with Crippen molar-refractivity contribution in [1.82, 2.24) is 15.2 Å². The van der Waals surface area contributed by atoms with Gasteiger partial charge in [0.05, 0.1) is 5.00 Å². The van der Waals surface area contributed by atoms with Crippen LogP contribution < -0.4 is 15.1 Å². The highest BCUT2D eigenvalue weighted by Crippen LogP contribution is 2.22. The van der Waals surface area contributed by atoms with E-state index >= 15 is 0 Å².